The maximum Gasteiger partial charge on any atom is 0.387 e. The first-order chi connectivity index (χ1) is 18.8. The second-order valence-electron chi connectivity index (χ2n) is 9.50. The second kappa shape index (κ2) is 12.6. The Kier molecular flexibility index (Phi) is 9.26. The number of alkyl halides is 2. The first kappa shape index (κ1) is 29.3. The number of nitrogens with zero attached hydrogens (tertiary/aromatic N) is 3. The van der Waals surface area contributed by atoms with Gasteiger partial charge < -0.3 is 19.9 Å². The minimum atomic E-state index is -3.05. The largest absolute Gasteiger partial charge is 0.433 e. The maximum atomic E-state index is 13.6. The van der Waals surface area contributed by atoms with Gasteiger partial charge in [0.05, 0.1) is 22.3 Å². The van der Waals surface area contributed by atoms with E-state index in [1.807, 2.05) is 0 Å². The maximum absolute atomic E-state index is 13.6. The molecule has 1 fully saturated rings. The molecule has 1 aliphatic rings. The van der Waals surface area contributed by atoms with Crippen LogP contribution in [-0.2, 0) is 6.42 Å². The van der Waals surface area contributed by atoms with Crippen LogP contribution in [0.4, 0.5) is 23.2 Å². The Hall–Kier alpha value is -3.70. The molecule has 7 nitrogen and oxygen atoms in total. The van der Waals surface area contributed by atoms with Crippen molar-refractivity contribution >= 4 is 29.0 Å². The fraction of sp³-hybridized carbons (Fsp3) is 0.321. The number of piperidine rings is 1. The Balaban J connectivity index is 0.00000370. The van der Waals surface area contributed by atoms with Crippen LogP contribution in [0.3, 0.4) is 0 Å². The first-order valence-corrected chi connectivity index (χ1v) is 12.7. The van der Waals surface area contributed by atoms with Crippen molar-refractivity contribution in [1.29, 1.82) is 0 Å². The molecule has 0 atom stereocenters. The van der Waals surface area contributed by atoms with Gasteiger partial charge in [-0.1, -0.05) is 13.0 Å². The van der Waals surface area contributed by atoms with Crippen molar-refractivity contribution < 1.29 is 22.3 Å². The number of fused-ring (bicyclic) bond motifs is 1. The number of H-pyrrole nitrogens is 1. The zero-order valence-corrected chi connectivity index (χ0v) is 22.4. The number of halogens is 5. The third kappa shape index (κ3) is 6.89. The molecular formula is C28H28ClF4N5O2. The molecule has 0 unspecified atom stereocenters. The number of pyridine rings is 1. The number of rotatable bonds is 8. The van der Waals surface area contributed by atoms with Crippen LogP contribution in [0.25, 0.3) is 22.2 Å². The van der Waals surface area contributed by atoms with Gasteiger partial charge in [-0.05, 0) is 55.3 Å². The average molecular weight is 578 g/mol. The molecular weight excluding hydrogens is 550 g/mol. The molecule has 1 saturated heterocycles. The molecule has 0 saturated carbocycles. The smallest absolute Gasteiger partial charge is 0.387 e. The number of hydrogen-bond donors (Lipinski definition) is 2. The van der Waals surface area contributed by atoms with Gasteiger partial charge >= 0.3 is 6.61 Å². The molecule has 0 amide bonds. The lowest BCUT2D eigenvalue weighted by Crippen LogP contribution is -2.38. The van der Waals surface area contributed by atoms with Gasteiger partial charge in [0.1, 0.15) is 23.2 Å². The molecule has 12 heteroatoms. The van der Waals surface area contributed by atoms with E-state index >= 15 is 0 Å². The van der Waals surface area contributed by atoms with Crippen molar-refractivity contribution in [2.75, 3.05) is 25.0 Å². The van der Waals surface area contributed by atoms with E-state index in [4.69, 9.17) is 4.74 Å². The highest BCUT2D eigenvalue weighted by Crippen LogP contribution is 2.32. The van der Waals surface area contributed by atoms with E-state index in [2.05, 4.69) is 32.1 Å². The summed E-state index contributed by atoms with van der Waals surface area (Å²) in [5.41, 5.74) is 1.61. The molecule has 2 N–H and O–H groups in total. The van der Waals surface area contributed by atoms with E-state index in [1.54, 1.807) is 18.2 Å². The summed E-state index contributed by atoms with van der Waals surface area (Å²) in [4.78, 5) is 26.7. The molecule has 4 aromatic rings. The van der Waals surface area contributed by atoms with Gasteiger partial charge in [-0.2, -0.15) is 8.78 Å². The third-order valence-electron chi connectivity index (χ3n) is 6.82. The van der Waals surface area contributed by atoms with Crippen LogP contribution in [0.2, 0.25) is 0 Å². The molecule has 2 aromatic carbocycles. The summed E-state index contributed by atoms with van der Waals surface area (Å²) >= 11 is 0. The predicted molar refractivity (Wildman–Crippen MR) is 147 cm³/mol. The highest BCUT2D eigenvalue weighted by molar-refractivity contribution is 5.85. The number of hydrogen-bond acceptors (Lipinski definition) is 6. The molecule has 1 aliphatic heterocycles. The summed E-state index contributed by atoms with van der Waals surface area (Å²) in [6, 6.07) is 9.46. The van der Waals surface area contributed by atoms with Crippen LogP contribution in [0.1, 0.15) is 31.2 Å². The standard InChI is InChI=1S/C28H27F4N5O2.ClH/c1-2-37-7-5-20(6-8-37)34-24-14-23-21(13-25(24)39-28(31)32)27(38)36-26(35-23)9-16-3-4-22(33-15-16)17-10-18(29)12-19(30)11-17;/h3-4,10-15,20,28,34H,2,5-9H2,1H3,(H,35,36,38);1H. The Morgan fingerprint density at radius 1 is 1.10 bits per heavy atom. The summed E-state index contributed by atoms with van der Waals surface area (Å²) < 4.78 is 58.2. The summed E-state index contributed by atoms with van der Waals surface area (Å²) in [5.74, 6) is -1.15. The van der Waals surface area contributed by atoms with Crippen LogP contribution in [-0.4, -0.2) is 52.1 Å². The fourth-order valence-corrected chi connectivity index (χ4v) is 4.81. The minimum absolute atomic E-state index is 0. The Morgan fingerprint density at radius 3 is 2.45 bits per heavy atom. The number of benzene rings is 2. The van der Waals surface area contributed by atoms with Crippen molar-refractivity contribution in [2.24, 2.45) is 0 Å². The van der Waals surface area contributed by atoms with Crippen molar-refractivity contribution in [1.82, 2.24) is 19.9 Å². The normalized spacial score (nSPS) is 14.3. The van der Waals surface area contributed by atoms with Gasteiger partial charge in [0.15, 0.2) is 0 Å². The van der Waals surface area contributed by atoms with Crippen LogP contribution in [0, 0.1) is 11.6 Å². The monoisotopic (exact) mass is 577 g/mol. The lowest BCUT2D eigenvalue weighted by molar-refractivity contribution is -0.0493. The summed E-state index contributed by atoms with van der Waals surface area (Å²) in [6.45, 7) is 1.81. The van der Waals surface area contributed by atoms with Crippen LogP contribution in [0.15, 0.2) is 53.5 Å². The summed E-state index contributed by atoms with van der Waals surface area (Å²) in [5, 5.41) is 3.44. The van der Waals surface area contributed by atoms with Crippen molar-refractivity contribution in [3.63, 3.8) is 0 Å². The van der Waals surface area contributed by atoms with Gasteiger partial charge in [0, 0.05) is 43.4 Å². The number of aromatic amines is 1. The molecule has 0 bridgehead atoms. The summed E-state index contributed by atoms with van der Waals surface area (Å²) in [7, 11) is 0. The van der Waals surface area contributed by atoms with E-state index in [0.29, 0.717) is 33.8 Å². The van der Waals surface area contributed by atoms with Gasteiger partial charge in [-0.3, -0.25) is 9.78 Å². The molecule has 0 radical (unpaired) electrons. The molecule has 5 rings (SSSR count). The average Bonchev–Trinajstić information content (AvgIpc) is 2.89. The molecule has 40 heavy (non-hydrogen) atoms. The molecule has 2 aromatic heterocycles. The van der Waals surface area contributed by atoms with Crippen molar-refractivity contribution in [3.05, 3.63) is 82.0 Å². The number of ether oxygens (including phenoxy) is 1. The zero-order chi connectivity index (χ0) is 27.5. The van der Waals surface area contributed by atoms with Gasteiger partial charge in [-0.15, -0.1) is 12.4 Å². The first-order valence-electron chi connectivity index (χ1n) is 12.7. The highest BCUT2D eigenvalue weighted by Gasteiger charge is 2.21. The Labute approximate surface area is 234 Å². The third-order valence-corrected chi connectivity index (χ3v) is 6.82. The number of anilines is 1. The lowest BCUT2D eigenvalue weighted by atomic mass is 10.0. The van der Waals surface area contributed by atoms with E-state index in [9.17, 15) is 22.4 Å². The van der Waals surface area contributed by atoms with Gasteiger partial charge in [-0.25, -0.2) is 13.8 Å². The highest BCUT2D eigenvalue weighted by atomic mass is 35.5. The quantitative estimate of drug-likeness (QED) is 0.259. The van der Waals surface area contributed by atoms with Crippen molar-refractivity contribution in [2.45, 2.75) is 38.8 Å². The minimum Gasteiger partial charge on any atom is -0.433 e. The number of likely N-dealkylation sites (tertiary alicyclic amines) is 1. The predicted octanol–water partition coefficient (Wildman–Crippen LogP) is 5.77. The lowest BCUT2D eigenvalue weighted by Gasteiger charge is -2.32. The Bertz CT molecular complexity index is 1510. The molecule has 212 valence electrons. The van der Waals surface area contributed by atoms with E-state index < -0.39 is 23.8 Å². The van der Waals surface area contributed by atoms with E-state index in [0.717, 1.165) is 38.5 Å². The second-order valence-corrected chi connectivity index (χ2v) is 9.50. The number of nitrogens with one attached hydrogen (secondary N) is 2. The topological polar surface area (TPSA) is 83.1 Å². The van der Waals surface area contributed by atoms with E-state index in [-0.39, 0.29) is 36.0 Å². The van der Waals surface area contributed by atoms with Crippen molar-refractivity contribution in [3.8, 4) is 17.0 Å². The zero-order valence-electron chi connectivity index (χ0n) is 21.6. The summed E-state index contributed by atoms with van der Waals surface area (Å²) in [6.07, 6.45) is 3.46. The SMILES string of the molecule is CCN1CCC(Nc2cc3nc(Cc4ccc(-c5cc(F)cc(F)c5)nc4)[nH]c(=O)c3cc2OC(F)F)CC1.Cl. The van der Waals surface area contributed by atoms with Gasteiger partial charge in [0.2, 0.25) is 0 Å². The van der Waals surface area contributed by atoms with Crippen LogP contribution < -0.4 is 15.6 Å². The molecule has 3 heterocycles. The van der Waals surface area contributed by atoms with E-state index in [1.165, 1.54) is 24.4 Å². The molecule has 0 spiro atoms. The number of aromatic nitrogens is 3. The molecule has 0 aliphatic carbocycles. The Morgan fingerprint density at radius 2 is 1.82 bits per heavy atom. The fourth-order valence-electron chi connectivity index (χ4n) is 4.81. The van der Waals surface area contributed by atoms with Gasteiger partial charge in [0.25, 0.3) is 5.56 Å². The van der Waals surface area contributed by atoms with Crippen LogP contribution in [0.5, 0.6) is 5.75 Å². The van der Waals surface area contributed by atoms with Crippen LogP contribution >= 0.6 is 12.4 Å².